The highest BCUT2D eigenvalue weighted by molar-refractivity contribution is 5.92. The molecule has 5 fully saturated rings. The van der Waals surface area contributed by atoms with Gasteiger partial charge in [-0.15, -0.1) is 0 Å². The highest BCUT2D eigenvalue weighted by Gasteiger charge is 2.61. The molecule has 3 amide bonds. The average molecular weight is 532 g/mol. The Morgan fingerprint density at radius 3 is 2.68 bits per heavy atom. The lowest BCUT2D eigenvalue weighted by molar-refractivity contribution is -0.194. The van der Waals surface area contributed by atoms with E-state index >= 15 is 8.78 Å². The SMILES string of the molecule is Cn1cc(N[C@@H](CC2CC2)C(=O)N2[C@H]3CC[C@@H]([C@@H]2C(=O)N[C@@H](C#N)C[C@@H]2CCCNC2=O)C(F)(F)C3)cn1. The number of nitrogens with zero attached hydrogens (tertiary/aromatic N) is 4. The molecule has 6 rings (SSSR count). The van der Waals surface area contributed by atoms with Crippen LogP contribution in [-0.4, -0.2) is 69.0 Å². The van der Waals surface area contributed by atoms with Crippen LogP contribution in [0.4, 0.5) is 14.5 Å². The first-order chi connectivity index (χ1) is 18.2. The Balaban J connectivity index is 1.37. The molecule has 12 heteroatoms. The quantitative estimate of drug-likeness (QED) is 0.446. The normalized spacial score (nSPS) is 29.6. The lowest BCUT2D eigenvalue weighted by Gasteiger charge is -2.54. The van der Waals surface area contributed by atoms with E-state index in [1.807, 2.05) is 6.07 Å². The fraction of sp³-hybridized carbons (Fsp3) is 0.731. The molecule has 2 bridgehead atoms. The second-order valence-corrected chi connectivity index (χ2v) is 11.3. The van der Waals surface area contributed by atoms with Crippen LogP contribution in [-0.2, 0) is 21.4 Å². The van der Waals surface area contributed by atoms with Crippen LogP contribution in [0.5, 0.6) is 0 Å². The van der Waals surface area contributed by atoms with Gasteiger partial charge in [0.2, 0.25) is 17.7 Å². The van der Waals surface area contributed by atoms with Crippen LogP contribution in [0, 0.1) is 29.1 Å². The van der Waals surface area contributed by atoms with E-state index < -0.39 is 54.3 Å². The number of hydrogen-bond acceptors (Lipinski definition) is 6. The standard InChI is InChI=1S/C26H35F2N7O3/c1-34-14-18(13-31-34)32-21(9-15-4-5-15)25(38)35-19-6-7-20(26(27,28)11-19)22(35)24(37)33-17(12-29)10-16-3-2-8-30-23(16)36/h13-17,19-22,32H,2-11H2,1H3,(H,30,36)(H,33,37)/t16-,17+,19-,20-,21-,22+/m0/s1. The number of fused-ring (bicyclic) bond motifs is 3. The fourth-order valence-electron chi connectivity index (χ4n) is 6.36. The molecule has 10 nitrogen and oxygen atoms in total. The predicted octanol–water partition coefficient (Wildman–Crippen LogP) is 1.94. The number of carbonyl (C=O) groups excluding carboxylic acids is 3. The molecule has 0 radical (unpaired) electrons. The van der Waals surface area contributed by atoms with Crippen LogP contribution >= 0.6 is 0 Å². The number of rotatable bonds is 9. The van der Waals surface area contributed by atoms with Crippen LogP contribution in [0.25, 0.3) is 0 Å². The predicted molar refractivity (Wildman–Crippen MR) is 133 cm³/mol. The van der Waals surface area contributed by atoms with Gasteiger partial charge in [0, 0.05) is 38.2 Å². The summed E-state index contributed by atoms with van der Waals surface area (Å²) in [5, 5.41) is 22.5. The largest absolute Gasteiger partial charge is 0.371 e. The molecule has 0 aromatic carbocycles. The molecule has 38 heavy (non-hydrogen) atoms. The first kappa shape index (κ1) is 26.4. The molecule has 1 aromatic rings. The number of aryl methyl sites for hydroxylation is 1. The number of anilines is 1. The highest BCUT2D eigenvalue weighted by atomic mass is 19.3. The Morgan fingerprint density at radius 2 is 2.05 bits per heavy atom. The summed E-state index contributed by atoms with van der Waals surface area (Å²) in [5.74, 6) is -5.76. The monoisotopic (exact) mass is 531 g/mol. The zero-order chi connectivity index (χ0) is 27.0. The number of piperidine rings is 3. The number of aromatic nitrogens is 2. The number of carbonyl (C=O) groups is 3. The van der Waals surface area contributed by atoms with Gasteiger partial charge in [-0.1, -0.05) is 12.8 Å². The van der Waals surface area contributed by atoms with Gasteiger partial charge in [-0.2, -0.15) is 10.4 Å². The molecule has 4 heterocycles. The minimum Gasteiger partial charge on any atom is -0.371 e. The molecular weight excluding hydrogens is 496 g/mol. The van der Waals surface area contributed by atoms with E-state index in [0.29, 0.717) is 37.4 Å². The Labute approximate surface area is 220 Å². The summed E-state index contributed by atoms with van der Waals surface area (Å²) >= 11 is 0. The van der Waals surface area contributed by atoms with Crippen LogP contribution < -0.4 is 16.0 Å². The van der Waals surface area contributed by atoms with Crippen molar-refractivity contribution in [3.63, 3.8) is 0 Å². The van der Waals surface area contributed by atoms with Crippen molar-refractivity contribution < 1.29 is 23.2 Å². The van der Waals surface area contributed by atoms with Crippen molar-refractivity contribution in [1.29, 1.82) is 5.26 Å². The first-order valence-electron chi connectivity index (χ1n) is 13.6. The van der Waals surface area contributed by atoms with E-state index in [4.69, 9.17) is 0 Å². The number of amides is 3. The van der Waals surface area contributed by atoms with Crippen LogP contribution in [0.2, 0.25) is 0 Å². The molecule has 206 valence electrons. The van der Waals surface area contributed by atoms with Gasteiger partial charge < -0.3 is 20.9 Å². The molecule has 0 unspecified atom stereocenters. The number of nitrogens with one attached hydrogen (secondary N) is 3. The zero-order valence-electron chi connectivity index (χ0n) is 21.5. The minimum absolute atomic E-state index is 0.103. The van der Waals surface area contributed by atoms with E-state index in [1.54, 1.807) is 24.1 Å². The van der Waals surface area contributed by atoms with Crippen molar-refractivity contribution in [2.45, 2.75) is 87.9 Å². The summed E-state index contributed by atoms with van der Waals surface area (Å²) in [6.07, 6.45) is 7.44. The van der Waals surface area contributed by atoms with Crippen LogP contribution in [0.15, 0.2) is 12.4 Å². The fourth-order valence-corrected chi connectivity index (χ4v) is 6.36. The van der Waals surface area contributed by atoms with Gasteiger partial charge in [-0.05, 0) is 44.4 Å². The third kappa shape index (κ3) is 5.47. The molecule has 3 saturated heterocycles. The molecule has 1 aromatic heterocycles. The average Bonchev–Trinajstić information content (AvgIpc) is 3.61. The summed E-state index contributed by atoms with van der Waals surface area (Å²) in [5.41, 5.74) is 0.648. The van der Waals surface area contributed by atoms with Crippen LogP contribution in [0.3, 0.4) is 0 Å². The molecule has 2 aliphatic carbocycles. The van der Waals surface area contributed by atoms with Crippen molar-refractivity contribution in [1.82, 2.24) is 25.3 Å². The molecule has 3 aliphatic heterocycles. The second kappa shape index (κ2) is 10.5. The first-order valence-corrected chi connectivity index (χ1v) is 13.6. The number of halogens is 2. The van der Waals surface area contributed by atoms with Crippen molar-refractivity contribution >= 4 is 23.4 Å². The molecule has 2 saturated carbocycles. The summed E-state index contributed by atoms with van der Waals surface area (Å²) in [4.78, 5) is 41.1. The van der Waals surface area contributed by atoms with E-state index in [0.717, 1.165) is 19.3 Å². The van der Waals surface area contributed by atoms with Gasteiger partial charge in [0.1, 0.15) is 18.1 Å². The lowest BCUT2D eigenvalue weighted by atomic mass is 9.71. The van der Waals surface area contributed by atoms with Crippen molar-refractivity contribution in [3.8, 4) is 6.07 Å². The smallest absolute Gasteiger partial charge is 0.255 e. The van der Waals surface area contributed by atoms with Gasteiger partial charge >= 0.3 is 0 Å². The molecule has 5 aliphatic rings. The Hall–Kier alpha value is -3.23. The Kier molecular flexibility index (Phi) is 7.29. The second-order valence-electron chi connectivity index (χ2n) is 11.3. The number of nitriles is 1. The summed E-state index contributed by atoms with van der Waals surface area (Å²) < 4.78 is 31.8. The maximum absolute atomic E-state index is 15.1. The Morgan fingerprint density at radius 1 is 1.26 bits per heavy atom. The van der Waals surface area contributed by atoms with Crippen molar-refractivity contribution in [2.24, 2.45) is 24.8 Å². The molecule has 3 N–H and O–H groups in total. The van der Waals surface area contributed by atoms with Gasteiger partial charge in [-0.3, -0.25) is 19.1 Å². The number of alkyl halides is 2. The van der Waals surface area contributed by atoms with Crippen LogP contribution in [0.1, 0.15) is 57.8 Å². The van der Waals surface area contributed by atoms with Gasteiger partial charge in [0.25, 0.3) is 5.92 Å². The van der Waals surface area contributed by atoms with Gasteiger partial charge in [0.05, 0.1) is 23.9 Å². The molecule has 6 atom stereocenters. The maximum Gasteiger partial charge on any atom is 0.255 e. The van der Waals surface area contributed by atoms with E-state index in [9.17, 15) is 19.6 Å². The third-order valence-electron chi connectivity index (χ3n) is 8.46. The minimum atomic E-state index is -3.09. The van der Waals surface area contributed by atoms with E-state index in [-0.39, 0.29) is 24.7 Å². The molecule has 0 spiro atoms. The van der Waals surface area contributed by atoms with E-state index in [2.05, 4.69) is 21.0 Å². The van der Waals surface area contributed by atoms with E-state index in [1.165, 1.54) is 4.90 Å². The topological polar surface area (TPSA) is 132 Å². The van der Waals surface area contributed by atoms with Gasteiger partial charge in [-0.25, -0.2) is 8.78 Å². The van der Waals surface area contributed by atoms with Crippen molar-refractivity contribution in [3.05, 3.63) is 12.4 Å². The summed E-state index contributed by atoms with van der Waals surface area (Å²) in [6.45, 7) is 0.575. The zero-order valence-corrected chi connectivity index (χ0v) is 21.5. The van der Waals surface area contributed by atoms with Gasteiger partial charge in [0.15, 0.2) is 0 Å². The molecular formula is C26H35F2N7O3. The maximum atomic E-state index is 15.1. The highest BCUT2D eigenvalue weighted by Crippen LogP contribution is 2.49. The summed E-state index contributed by atoms with van der Waals surface area (Å²) in [6, 6.07) is -1.81. The Bertz CT molecular complexity index is 1110. The number of hydrogen-bond donors (Lipinski definition) is 3. The lowest BCUT2D eigenvalue weighted by Crippen LogP contribution is -2.70. The van der Waals surface area contributed by atoms with Crippen molar-refractivity contribution in [2.75, 3.05) is 11.9 Å². The third-order valence-corrected chi connectivity index (χ3v) is 8.46. The summed E-state index contributed by atoms with van der Waals surface area (Å²) in [7, 11) is 1.76.